The van der Waals surface area contributed by atoms with E-state index < -0.39 is 5.60 Å². The summed E-state index contributed by atoms with van der Waals surface area (Å²) in [6.07, 6.45) is 2.57. The molecule has 4 nitrogen and oxygen atoms in total. The number of piperidine rings is 1. The van der Waals surface area contributed by atoms with E-state index in [-0.39, 0.29) is 23.8 Å². The van der Waals surface area contributed by atoms with Crippen LogP contribution < -0.4 is 0 Å². The van der Waals surface area contributed by atoms with Gasteiger partial charge in [0.25, 0.3) is 0 Å². The van der Waals surface area contributed by atoms with Crippen LogP contribution in [0.4, 0.5) is 4.79 Å². The van der Waals surface area contributed by atoms with E-state index in [0.29, 0.717) is 6.54 Å². The first-order valence-corrected chi connectivity index (χ1v) is 8.75. The van der Waals surface area contributed by atoms with Gasteiger partial charge in [0.05, 0.1) is 4.88 Å². The molecule has 0 saturated carbocycles. The highest BCUT2D eigenvalue weighted by molar-refractivity contribution is 7.12. The first-order chi connectivity index (χ1) is 10.3. The maximum atomic E-state index is 12.6. The Labute approximate surface area is 136 Å². The van der Waals surface area contributed by atoms with E-state index >= 15 is 0 Å². The Morgan fingerprint density at radius 2 is 2.09 bits per heavy atom. The van der Waals surface area contributed by atoms with Gasteiger partial charge in [0.15, 0.2) is 5.78 Å². The standard InChI is InChI=1S/C17H25NO3S/c1-12(15(19)14-9-7-11-22-14)13-8-5-6-10-18(13)16(20)21-17(2,3)4/h7,9,11-13H,5-6,8,10H2,1-4H3. The smallest absolute Gasteiger partial charge is 0.410 e. The predicted molar refractivity (Wildman–Crippen MR) is 88.4 cm³/mol. The summed E-state index contributed by atoms with van der Waals surface area (Å²) in [6, 6.07) is 3.67. The molecule has 0 N–H and O–H groups in total. The molecular formula is C17H25NO3S. The molecule has 0 aliphatic carbocycles. The summed E-state index contributed by atoms with van der Waals surface area (Å²) in [5.41, 5.74) is -0.514. The molecule has 1 saturated heterocycles. The minimum absolute atomic E-state index is 0.0711. The molecular weight excluding hydrogens is 298 g/mol. The molecule has 122 valence electrons. The van der Waals surface area contributed by atoms with Crippen molar-refractivity contribution in [2.75, 3.05) is 6.54 Å². The van der Waals surface area contributed by atoms with Crippen molar-refractivity contribution in [2.24, 2.45) is 5.92 Å². The maximum Gasteiger partial charge on any atom is 0.410 e. The van der Waals surface area contributed by atoms with Crippen molar-refractivity contribution in [2.45, 2.75) is 58.6 Å². The summed E-state index contributed by atoms with van der Waals surface area (Å²) >= 11 is 1.46. The third-order valence-electron chi connectivity index (χ3n) is 3.93. The third kappa shape index (κ3) is 4.09. The van der Waals surface area contributed by atoms with Crippen molar-refractivity contribution in [3.05, 3.63) is 22.4 Å². The van der Waals surface area contributed by atoms with Crippen LogP contribution in [0.25, 0.3) is 0 Å². The number of Topliss-reactive ketones (excluding diaryl/α,β-unsaturated/α-hetero) is 1. The average Bonchev–Trinajstić information content (AvgIpc) is 2.98. The Hall–Kier alpha value is -1.36. The fourth-order valence-corrected chi connectivity index (χ4v) is 3.61. The normalized spacial score (nSPS) is 20.5. The van der Waals surface area contributed by atoms with E-state index in [2.05, 4.69) is 0 Å². The number of rotatable bonds is 3. The number of ketones is 1. The lowest BCUT2D eigenvalue weighted by Crippen LogP contribution is -2.50. The third-order valence-corrected chi connectivity index (χ3v) is 4.82. The van der Waals surface area contributed by atoms with Crippen molar-refractivity contribution in [1.29, 1.82) is 0 Å². The van der Waals surface area contributed by atoms with Crippen molar-refractivity contribution in [1.82, 2.24) is 4.90 Å². The van der Waals surface area contributed by atoms with Gasteiger partial charge in [-0.05, 0) is 51.5 Å². The highest BCUT2D eigenvalue weighted by Crippen LogP contribution is 2.28. The van der Waals surface area contributed by atoms with Gasteiger partial charge in [-0.3, -0.25) is 4.79 Å². The van der Waals surface area contributed by atoms with Crippen molar-refractivity contribution in [3.8, 4) is 0 Å². The SMILES string of the molecule is CC(C(=O)c1cccs1)C1CCCCN1C(=O)OC(C)(C)C. The van der Waals surface area contributed by atoms with E-state index in [1.165, 1.54) is 11.3 Å². The van der Waals surface area contributed by atoms with Gasteiger partial charge in [0.2, 0.25) is 0 Å². The lowest BCUT2D eigenvalue weighted by Gasteiger charge is -2.39. The van der Waals surface area contributed by atoms with Crippen LogP contribution in [0.1, 0.15) is 56.6 Å². The molecule has 2 atom stereocenters. The molecule has 1 aromatic heterocycles. The molecule has 0 spiro atoms. The van der Waals surface area contributed by atoms with Crippen LogP contribution in [-0.2, 0) is 4.74 Å². The first-order valence-electron chi connectivity index (χ1n) is 7.87. The molecule has 0 bridgehead atoms. The number of amides is 1. The average molecular weight is 323 g/mol. The monoisotopic (exact) mass is 323 g/mol. The fourth-order valence-electron chi connectivity index (χ4n) is 2.84. The van der Waals surface area contributed by atoms with Crippen LogP contribution >= 0.6 is 11.3 Å². The molecule has 2 unspecified atom stereocenters. The van der Waals surface area contributed by atoms with Gasteiger partial charge in [-0.15, -0.1) is 11.3 Å². The van der Waals surface area contributed by atoms with Crippen molar-refractivity contribution >= 4 is 23.2 Å². The van der Waals surface area contributed by atoms with Crippen LogP contribution in [-0.4, -0.2) is 35.0 Å². The second kappa shape index (κ2) is 6.82. The minimum atomic E-state index is -0.514. The Kier molecular flexibility index (Phi) is 5.27. The fraction of sp³-hybridized carbons (Fsp3) is 0.647. The lowest BCUT2D eigenvalue weighted by molar-refractivity contribution is 0.00384. The van der Waals surface area contributed by atoms with Gasteiger partial charge >= 0.3 is 6.09 Å². The largest absolute Gasteiger partial charge is 0.444 e. The van der Waals surface area contributed by atoms with Crippen LogP contribution in [0.3, 0.4) is 0 Å². The van der Waals surface area contributed by atoms with Crippen LogP contribution in [0.2, 0.25) is 0 Å². The summed E-state index contributed by atoms with van der Waals surface area (Å²) in [5, 5.41) is 1.91. The molecule has 2 heterocycles. The molecule has 5 heteroatoms. The molecule has 1 aliphatic rings. The number of ether oxygens (including phenoxy) is 1. The summed E-state index contributed by atoms with van der Waals surface area (Å²) in [5.74, 6) is -0.0815. The van der Waals surface area contributed by atoms with E-state index in [0.717, 1.165) is 24.1 Å². The van der Waals surface area contributed by atoms with E-state index in [1.54, 1.807) is 4.90 Å². The van der Waals surface area contributed by atoms with E-state index in [1.807, 2.05) is 45.2 Å². The molecule has 1 aromatic rings. The van der Waals surface area contributed by atoms with Gasteiger partial charge in [-0.2, -0.15) is 0 Å². The quantitative estimate of drug-likeness (QED) is 0.777. The topological polar surface area (TPSA) is 46.6 Å². The first kappa shape index (κ1) is 17.0. The Bertz CT molecular complexity index is 519. The molecule has 1 aliphatic heterocycles. The summed E-state index contributed by atoms with van der Waals surface area (Å²) < 4.78 is 5.51. The maximum absolute atomic E-state index is 12.6. The Morgan fingerprint density at radius 3 is 2.68 bits per heavy atom. The Balaban J connectivity index is 2.12. The van der Waals surface area contributed by atoms with Gasteiger partial charge in [-0.25, -0.2) is 4.79 Å². The number of carbonyl (C=O) groups is 2. The van der Waals surface area contributed by atoms with Gasteiger partial charge < -0.3 is 9.64 Å². The molecule has 22 heavy (non-hydrogen) atoms. The number of hydrogen-bond donors (Lipinski definition) is 0. The summed E-state index contributed by atoms with van der Waals surface area (Å²) in [6.45, 7) is 8.19. The van der Waals surface area contributed by atoms with Gasteiger partial charge in [0.1, 0.15) is 5.60 Å². The highest BCUT2D eigenvalue weighted by atomic mass is 32.1. The van der Waals surface area contributed by atoms with E-state index in [9.17, 15) is 9.59 Å². The van der Waals surface area contributed by atoms with Crippen molar-refractivity contribution in [3.63, 3.8) is 0 Å². The zero-order valence-electron chi connectivity index (χ0n) is 13.8. The molecule has 0 aromatic carbocycles. The molecule has 1 fully saturated rings. The zero-order valence-corrected chi connectivity index (χ0v) is 14.6. The van der Waals surface area contributed by atoms with Crippen LogP contribution in [0, 0.1) is 5.92 Å². The summed E-state index contributed by atoms with van der Waals surface area (Å²) in [4.78, 5) is 27.5. The zero-order chi connectivity index (χ0) is 16.3. The lowest BCUT2D eigenvalue weighted by atomic mass is 9.88. The predicted octanol–water partition coefficient (Wildman–Crippen LogP) is 4.36. The second-order valence-electron chi connectivity index (χ2n) is 6.87. The number of thiophene rings is 1. The minimum Gasteiger partial charge on any atom is -0.444 e. The summed E-state index contributed by atoms with van der Waals surface area (Å²) in [7, 11) is 0. The highest BCUT2D eigenvalue weighted by Gasteiger charge is 2.36. The van der Waals surface area contributed by atoms with Gasteiger partial charge in [-0.1, -0.05) is 13.0 Å². The van der Waals surface area contributed by atoms with Crippen molar-refractivity contribution < 1.29 is 14.3 Å². The second-order valence-corrected chi connectivity index (χ2v) is 7.81. The van der Waals surface area contributed by atoms with E-state index in [4.69, 9.17) is 4.74 Å². The van der Waals surface area contributed by atoms with Gasteiger partial charge in [0, 0.05) is 18.5 Å². The molecule has 2 rings (SSSR count). The number of carbonyl (C=O) groups excluding carboxylic acids is 2. The number of nitrogens with zero attached hydrogens (tertiary/aromatic N) is 1. The number of likely N-dealkylation sites (tertiary alicyclic amines) is 1. The van der Waals surface area contributed by atoms with Crippen LogP contribution in [0.15, 0.2) is 17.5 Å². The molecule has 0 radical (unpaired) electrons. The Morgan fingerprint density at radius 1 is 1.36 bits per heavy atom. The molecule has 1 amide bonds. The van der Waals surface area contributed by atoms with Crippen LogP contribution in [0.5, 0.6) is 0 Å². The number of hydrogen-bond acceptors (Lipinski definition) is 4.